The Morgan fingerprint density at radius 2 is 1.53 bits per heavy atom. The van der Waals surface area contributed by atoms with Crippen LogP contribution in [0.25, 0.3) is 10.8 Å². The number of fused-ring (bicyclic) bond motifs is 1. The normalized spacial score (nSPS) is 10.8. The summed E-state index contributed by atoms with van der Waals surface area (Å²) in [4.78, 5) is 0. The van der Waals surface area contributed by atoms with Crippen LogP contribution in [0.2, 0.25) is 0 Å². The van der Waals surface area contributed by atoms with Crippen molar-refractivity contribution >= 4 is 55.9 Å². The molecule has 0 unspecified atom stereocenters. The van der Waals surface area contributed by atoms with Gasteiger partial charge in [-0.15, -0.1) is 0 Å². The minimum absolute atomic E-state index is 0.421. The fourth-order valence-corrected chi connectivity index (χ4v) is 3.28. The van der Waals surface area contributed by atoms with E-state index in [0.29, 0.717) is 5.11 Å². The van der Waals surface area contributed by atoms with Crippen LogP contribution in [-0.4, -0.2) is 11.3 Å². The van der Waals surface area contributed by atoms with Gasteiger partial charge in [0.1, 0.15) is 11.5 Å². The number of rotatable bonds is 5. The Hall–Kier alpha value is -3.22. The van der Waals surface area contributed by atoms with Gasteiger partial charge in [-0.1, -0.05) is 46.3 Å². The predicted octanol–water partition coefficient (Wildman–Crippen LogP) is 6.72. The average Bonchev–Trinajstić information content (AvgIpc) is 2.76. The van der Waals surface area contributed by atoms with E-state index in [1.165, 1.54) is 5.39 Å². The fraction of sp³-hybridized carbons (Fsp3) is 0. The zero-order chi connectivity index (χ0) is 20.8. The van der Waals surface area contributed by atoms with Gasteiger partial charge >= 0.3 is 0 Å². The number of anilines is 1. The number of hydrogen-bond acceptors (Lipinski definition) is 3. The molecule has 0 atom stereocenters. The number of hydrogen-bond donors (Lipinski definition) is 2. The summed E-state index contributed by atoms with van der Waals surface area (Å²) < 4.78 is 6.98. The fourth-order valence-electron chi connectivity index (χ4n) is 2.85. The Labute approximate surface area is 188 Å². The maximum atomic E-state index is 5.96. The molecule has 0 radical (unpaired) electrons. The minimum atomic E-state index is 0.421. The number of nitrogens with one attached hydrogen (secondary N) is 2. The molecule has 30 heavy (non-hydrogen) atoms. The molecule has 148 valence electrons. The second-order valence-corrected chi connectivity index (χ2v) is 7.83. The molecule has 4 aromatic rings. The lowest BCUT2D eigenvalue weighted by Crippen LogP contribution is -2.23. The highest BCUT2D eigenvalue weighted by Crippen LogP contribution is 2.25. The number of ether oxygens (including phenoxy) is 1. The molecule has 0 saturated heterocycles. The van der Waals surface area contributed by atoms with Crippen LogP contribution < -0.4 is 15.5 Å². The second kappa shape index (κ2) is 9.52. The van der Waals surface area contributed by atoms with Gasteiger partial charge in [-0.3, -0.25) is 5.43 Å². The third-order valence-electron chi connectivity index (χ3n) is 4.32. The van der Waals surface area contributed by atoms with E-state index < -0.39 is 0 Å². The predicted molar refractivity (Wildman–Crippen MR) is 132 cm³/mol. The lowest BCUT2D eigenvalue weighted by Gasteiger charge is -2.08. The standard InChI is InChI=1S/C24H18BrN3OS/c25-20-8-10-21(11-9-20)27-24(30)28-26-16-17-5-12-22(13-6-17)29-23-14-7-18-3-1-2-4-19(18)15-23/h1-16H,(H2,27,28,30)/b26-16+. The molecule has 0 aliphatic heterocycles. The van der Waals surface area contributed by atoms with Gasteiger partial charge in [-0.25, -0.2) is 0 Å². The van der Waals surface area contributed by atoms with Crippen LogP contribution in [0.1, 0.15) is 5.56 Å². The van der Waals surface area contributed by atoms with Crippen molar-refractivity contribution in [2.45, 2.75) is 0 Å². The minimum Gasteiger partial charge on any atom is -0.457 e. The van der Waals surface area contributed by atoms with Gasteiger partial charge in [0.05, 0.1) is 6.21 Å². The second-order valence-electron chi connectivity index (χ2n) is 6.51. The smallest absolute Gasteiger partial charge is 0.191 e. The third kappa shape index (κ3) is 5.43. The average molecular weight is 476 g/mol. The van der Waals surface area contributed by atoms with Crippen LogP contribution in [0, 0.1) is 0 Å². The van der Waals surface area contributed by atoms with Crippen molar-refractivity contribution in [2.24, 2.45) is 5.10 Å². The van der Waals surface area contributed by atoms with Gasteiger partial charge in [-0.2, -0.15) is 5.10 Å². The summed E-state index contributed by atoms with van der Waals surface area (Å²) in [5.41, 5.74) is 4.63. The lowest BCUT2D eigenvalue weighted by molar-refractivity contribution is 0.483. The highest BCUT2D eigenvalue weighted by Gasteiger charge is 2.00. The van der Waals surface area contributed by atoms with Crippen LogP contribution in [-0.2, 0) is 0 Å². The number of benzene rings is 4. The monoisotopic (exact) mass is 475 g/mol. The van der Waals surface area contributed by atoms with E-state index in [9.17, 15) is 0 Å². The van der Waals surface area contributed by atoms with E-state index in [2.05, 4.69) is 50.0 Å². The lowest BCUT2D eigenvalue weighted by atomic mass is 10.1. The van der Waals surface area contributed by atoms with Crippen LogP contribution in [0.4, 0.5) is 5.69 Å². The Bertz CT molecular complexity index is 1190. The first-order valence-electron chi connectivity index (χ1n) is 9.28. The zero-order valence-corrected chi connectivity index (χ0v) is 18.3. The van der Waals surface area contributed by atoms with Crippen molar-refractivity contribution < 1.29 is 4.74 Å². The molecular weight excluding hydrogens is 458 g/mol. The number of thiocarbonyl (C=S) groups is 1. The molecule has 4 aromatic carbocycles. The molecule has 0 bridgehead atoms. The molecule has 0 aliphatic carbocycles. The van der Waals surface area contributed by atoms with Gasteiger partial charge in [-0.05, 0) is 89.2 Å². The first-order valence-corrected chi connectivity index (χ1v) is 10.5. The summed E-state index contributed by atoms with van der Waals surface area (Å²) >= 11 is 8.65. The van der Waals surface area contributed by atoms with E-state index >= 15 is 0 Å². The van der Waals surface area contributed by atoms with Crippen molar-refractivity contribution in [2.75, 3.05) is 5.32 Å². The van der Waals surface area contributed by atoms with E-state index in [0.717, 1.165) is 32.6 Å². The van der Waals surface area contributed by atoms with Gasteiger partial charge in [0, 0.05) is 10.2 Å². The van der Waals surface area contributed by atoms with Gasteiger partial charge in [0.2, 0.25) is 0 Å². The SMILES string of the molecule is S=C(N/N=C/c1ccc(Oc2ccc3ccccc3c2)cc1)Nc1ccc(Br)cc1. The first kappa shape index (κ1) is 20.1. The Balaban J connectivity index is 1.32. The molecule has 0 heterocycles. The van der Waals surface area contributed by atoms with Crippen molar-refractivity contribution in [3.05, 3.63) is 101 Å². The Kier molecular flexibility index (Phi) is 6.37. The molecule has 6 heteroatoms. The Morgan fingerprint density at radius 3 is 2.30 bits per heavy atom. The van der Waals surface area contributed by atoms with E-state index in [1.54, 1.807) is 6.21 Å². The molecule has 2 N–H and O–H groups in total. The van der Waals surface area contributed by atoms with Crippen molar-refractivity contribution in [3.8, 4) is 11.5 Å². The molecule has 0 amide bonds. The van der Waals surface area contributed by atoms with Gasteiger partial charge in [0.25, 0.3) is 0 Å². The van der Waals surface area contributed by atoms with Crippen LogP contribution in [0.15, 0.2) is 101 Å². The maximum Gasteiger partial charge on any atom is 0.191 e. The summed E-state index contributed by atoms with van der Waals surface area (Å²) in [6.45, 7) is 0. The van der Waals surface area contributed by atoms with E-state index in [4.69, 9.17) is 17.0 Å². The molecule has 0 aromatic heterocycles. The number of hydrazone groups is 1. The quantitative estimate of drug-likeness (QED) is 0.191. The highest BCUT2D eigenvalue weighted by atomic mass is 79.9. The summed E-state index contributed by atoms with van der Waals surface area (Å²) in [5.74, 6) is 1.57. The molecule has 4 nitrogen and oxygen atoms in total. The molecule has 0 saturated carbocycles. The molecular formula is C24H18BrN3OS. The van der Waals surface area contributed by atoms with E-state index in [1.807, 2.05) is 72.8 Å². The maximum absolute atomic E-state index is 5.96. The highest BCUT2D eigenvalue weighted by molar-refractivity contribution is 9.10. The van der Waals surface area contributed by atoms with Gasteiger partial charge in [0.15, 0.2) is 5.11 Å². The zero-order valence-electron chi connectivity index (χ0n) is 15.9. The van der Waals surface area contributed by atoms with Crippen molar-refractivity contribution in [1.29, 1.82) is 0 Å². The summed E-state index contributed by atoms with van der Waals surface area (Å²) in [7, 11) is 0. The molecule has 0 aliphatic rings. The molecule has 4 rings (SSSR count). The van der Waals surface area contributed by atoms with Crippen LogP contribution in [0.5, 0.6) is 11.5 Å². The largest absolute Gasteiger partial charge is 0.457 e. The van der Waals surface area contributed by atoms with E-state index in [-0.39, 0.29) is 0 Å². The first-order chi connectivity index (χ1) is 14.7. The number of halogens is 1. The molecule has 0 spiro atoms. The summed E-state index contributed by atoms with van der Waals surface area (Å²) in [6, 6.07) is 29.7. The van der Waals surface area contributed by atoms with Crippen molar-refractivity contribution in [3.63, 3.8) is 0 Å². The third-order valence-corrected chi connectivity index (χ3v) is 5.04. The Morgan fingerprint density at radius 1 is 0.833 bits per heavy atom. The topological polar surface area (TPSA) is 45.7 Å². The van der Waals surface area contributed by atoms with Crippen LogP contribution >= 0.6 is 28.1 Å². The number of nitrogens with zero attached hydrogens (tertiary/aromatic N) is 1. The molecule has 0 fully saturated rings. The summed E-state index contributed by atoms with van der Waals surface area (Å²) in [6.07, 6.45) is 1.70. The summed E-state index contributed by atoms with van der Waals surface area (Å²) in [5, 5.41) is 10.0. The van der Waals surface area contributed by atoms with Gasteiger partial charge < -0.3 is 10.1 Å². The van der Waals surface area contributed by atoms with Crippen LogP contribution in [0.3, 0.4) is 0 Å². The van der Waals surface area contributed by atoms with Crippen molar-refractivity contribution in [1.82, 2.24) is 5.43 Å².